The fourth-order valence-corrected chi connectivity index (χ4v) is 4.53. The van der Waals surface area contributed by atoms with Gasteiger partial charge in [-0.15, -0.1) is 0 Å². The van der Waals surface area contributed by atoms with Gasteiger partial charge in [0.25, 0.3) is 5.91 Å². The number of carbonyl (C=O) groups is 1. The molecule has 9 nitrogen and oxygen atoms in total. The highest BCUT2D eigenvalue weighted by Gasteiger charge is 2.26. The Balaban J connectivity index is 1.17. The Bertz CT molecular complexity index is 1560. The van der Waals surface area contributed by atoms with Crippen molar-refractivity contribution in [3.63, 3.8) is 0 Å². The summed E-state index contributed by atoms with van der Waals surface area (Å²) in [6.07, 6.45) is 12.6. The van der Waals surface area contributed by atoms with Crippen LogP contribution in [0, 0.1) is 0 Å². The van der Waals surface area contributed by atoms with E-state index in [2.05, 4.69) is 27.7 Å². The molecule has 0 spiro atoms. The van der Waals surface area contributed by atoms with Gasteiger partial charge in [-0.25, -0.2) is 9.97 Å². The molecule has 1 fully saturated rings. The third-order valence-corrected chi connectivity index (χ3v) is 6.60. The van der Waals surface area contributed by atoms with Gasteiger partial charge in [-0.1, -0.05) is 11.6 Å². The molecule has 5 aromatic rings. The lowest BCUT2D eigenvalue weighted by molar-refractivity contribution is 0.0950. The maximum Gasteiger partial charge on any atom is 0.254 e. The highest BCUT2D eigenvalue weighted by Crippen LogP contribution is 2.41. The molecule has 0 aliphatic heterocycles. The second kappa shape index (κ2) is 8.51. The van der Waals surface area contributed by atoms with Gasteiger partial charge in [0.05, 0.1) is 54.2 Å². The molecule has 10 heteroatoms. The zero-order valence-electron chi connectivity index (χ0n) is 19.1. The van der Waals surface area contributed by atoms with Gasteiger partial charge in [0.15, 0.2) is 0 Å². The van der Waals surface area contributed by atoms with E-state index in [0.29, 0.717) is 23.0 Å². The van der Waals surface area contributed by atoms with Crippen LogP contribution >= 0.6 is 11.6 Å². The lowest BCUT2D eigenvalue weighted by atomic mass is 10.1. The third-order valence-electron chi connectivity index (χ3n) is 6.37. The van der Waals surface area contributed by atoms with Crippen molar-refractivity contribution in [1.29, 1.82) is 0 Å². The van der Waals surface area contributed by atoms with Gasteiger partial charge in [0.1, 0.15) is 5.65 Å². The minimum atomic E-state index is -0.602. The number of hydrogen-bond acceptors (Lipinski definition) is 5. The number of aliphatic hydroxyl groups is 1. The molecule has 0 aromatic carbocycles. The summed E-state index contributed by atoms with van der Waals surface area (Å²) in [6.45, 7) is 2.45. The van der Waals surface area contributed by atoms with E-state index >= 15 is 0 Å². The average Bonchev–Trinajstić information content (AvgIpc) is 3.25. The first-order valence-corrected chi connectivity index (χ1v) is 11.9. The maximum absolute atomic E-state index is 12.7. The van der Waals surface area contributed by atoms with Crippen molar-refractivity contribution < 1.29 is 9.90 Å². The molecule has 178 valence electrons. The summed E-state index contributed by atoms with van der Waals surface area (Å²) in [6, 6.07) is 5.68. The van der Waals surface area contributed by atoms with E-state index in [9.17, 15) is 9.90 Å². The minimum absolute atomic E-state index is 0.236. The first kappa shape index (κ1) is 21.8. The van der Waals surface area contributed by atoms with E-state index in [-0.39, 0.29) is 12.5 Å². The highest BCUT2D eigenvalue weighted by atomic mass is 35.5. The van der Waals surface area contributed by atoms with E-state index < -0.39 is 6.10 Å². The first-order chi connectivity index (χ1) is 16.9. The molecule has 1 aliphatic rings. The molecular weight excluding hydrogens is 466 g/mol. The molecule has 1 aliphatic carbocycles. The Morgan fingerprint density at radius 2 is 2.11 bits per heavy atom. The predicted octanol–water partition coefficient (Wildman–Crippen LogP) is 3.74. The van der Waals surface area contributed by atoms with Crippen molar-refractivity contribution in [3.8, 4) is 0 Å². The van der Waals surface area contributed by atoms with Crippen LogP contribution in [-0.4, -0.2) is 39.6 Å². The molecule has 1 atom stereocenters. The normalized spacial score (nSPS) is 14.6. The third kappa shape index (κ3) is 4.28. The van der Waals surface area contributed by atoms with Crippen molar-refractivity contribution in [2.24, 2.45) is 0 Å². The van der Waals surface area contributed by atoms with Crippen LogP contribution in [0.1, 0.15) is 64.7 Å². The fraction of sp³-hybridized carbons (Fsp3) is 0.280. The topological polar surface area (TPSA) is 102 Å². The molecule has 0 bridgehead atoms. The number of fused-ring (bicyclic) bond motifs is 2. The number of halogens is 1. The summed E-state index contributed by atoms with van der Waals surface area (Å²) >= 11 is 6.09. The SMILES string of the molecule is CC(O)c1cc(C2CC2)cn2cc(Cn3cc(C(=O)NCc4ncn5ccc(Cl)cc45)cn3)nc12. The van der Waals surface area contributed by atoms with Gasteiger partial charge in [0, 0.05) is 35.4 Å². The summed E-state index contributed by atoms with van der Waals surface area (Å²) < 4.78 is 5.53. The lowest BCUT2D eigenvalue weighted by Gasteiger charge is -2.09. The first-order valence-electron chi connectivity index (χ1n) is 11.6. The summed E-state index contributed by atoms with van der Waals surface area (Å²) in [5.41, 5.74) is 5.65. The van der Waals surface area contributed by atoms with Gasteiger partial charge in [-0.2, -0.15) is 5.10 Å². The van der Waals surface area contributed by atoms with Gasteiger partial charge < -0.3 is 19.2 Å². The smallest absolute Gasteiger partial charge is 0.254 e. The van der Waals surface area contributed by atoms with Crippen LogP contribution in [0.5, 0.6) is 0 Å². The summed E-state index contributed by atoms with van der Waals surface area (Å²) in [7, 11) is 0. The van der Waals surface area contributed by atoms with E-state index in [4.69, 9.17) is 16.6 Å². The van der Waals surface area contributed by atoms with E-state index in [0.717, 1.165) is 28.1 Å². The number of carbonyl (C=O) groups excluding carboxylic acids is 1. The van der Waals surface area contributed by atoms with E-state index in [1.54, 1.807) is 36.4 Å². The van der Waals surface area contributed by atoms with Crippen LogP contribution in [0.4, 0.5) is 0 Å². The number of hydrogen-bond donors (Lipinski definition) is 2. The zero-order valence-corrected chi connectivity index (χ0v) is 19.9. The second-order valence-corrected chi connectivity index (χ2v) is 9.52. The lowest BCUT2D eigenvalue weighted by Crippen LogP contribution is -2.22. The van der Waals surface area contributed by atoms with Gasteiger partial charge in [-0.05, 0) is 49.4 Å². The Morgan fingerprint density at radius 1 is 1.26 bits per heavy atom. The standard InChI is InChI=1S/C25H24ClN7O2/c1-15(34)21-6-17(16-2-3-16)10-32-12-20(30-24(21)32)13-33-11-18(8-29-33)25(35)27-9-22-23-7-19(26)4-5-31(23)14-28-22/h4-8,10-12,14-16,34H,2-3,9,13H2,1H3,(H,27,35). The number of rotatable bonds is 7. The van der Waals surface area contributed by atoms with Gasteiger partial charge in [-0.3, -0.25) is 9.48 Å². The van der Waals surface area contributed by atoms with Crippen LogP contribution in [-0.2, 0) is 13.1 Å². The Morgan fingerprint density at radius 3 is 2.91 bits per heavy atom. The molecule has 6 rings (SSSR count). The Labute approximate surface area is 206 Å². The summed E-state index contributed by atoms with van der Waals surface area (Å²) in [5.74, 6) is 0.340. The number of nitrogens with one attached hydrogen (secondary N) is 1. The van der Waals surface area contributed by atoms with Crippen molar-refractivity contribution in [3.05, 3.63) is 88.6 Å². The number of aromatic nitrogens is 6. The number of aliphatic hydroxyl groups excluding tert-OH is 1. The summed E-state index contributed by atoms with van der Waals surface area (Å²) in [4.78, 5) is 21.8. The molecule has 35 heavy (non-hydrogen) atoms. The molecule has 2 N–H and O–H groups in total. The summed E-state index contributed by atoms with van der Waals surface area (Å²) in [5, 5.41) is 18.1. The monoisotopic (exact) mass is 489 g/mol. The Hall–Kier alpha value is -3.69. The van der Waals surface area contributed by atoms with Crippen molar-refractivity contribution >= 4 is 28.7 Å². The van der Waals surface area contributed by atoms with Crippen LogP contribution in [0.15, 0.2) is 55.5 Å². The molecular formula is C25H24ClN7O2. The number of amides is 1. The van der Waals surface area contributed by atoms with Crippen molar-refractivity contribution in [2.75, 3.05) is 0 Å². The zero-order chi connectivity index (χ0) is 24.1. The van der Waals surface area contributed by atoms with Crippen LogP contribution in [0.3, 0.4) is 0 Å². The molecule has 1 amide bonds. The fourth-order valence-electron chi connectivity index (χ4n) is 4.37. The quantitative estimate of drug-likeness (QED) is 0.362. The van der Waals surface area contributed by atoms with E-state index in [1.807, 2.05) is 27.3 Å². The predicted molar refractivity (Wildman–Crippen MR) is 131 cm³/mol. The van der Waals surface area contributed by atoms with Gasteiger partial charge >= 0.3 is 0 Å². The molecule has 0 radical (unpaired) electrons. The largest absolute Gasteiger partial charge is 0.389 e. The van der Waals surface area contributed by atoms with Crippen molar-refractivity contribution in [1.82, 2.24) is 33.9 Å². The molecule has 0 saturated heterocycles. The van der Waals surface area contributed by atoms with Crippen LogP contribution in [0.25, 0.3) is 11.2 Å². The Kier molecular flexibility index (Phi) is 5.31. The number of nitrogens with zero attached hydrogens (tertiary/aromatic N) is 6. The highest BCUT2D eigenvalue weighted by molar-refractivity contribution is 6.30. The van der Waals surface area contributed by atoms with E-state index in [1.165, 1.54) is 18.4 Å². The molecule has 5 heterocycles. The van der Waals surface area contributed by atoms with Gasteiger partial charge in [0.2, 0.25) is 0 Å². The molecule has 1 unspecified atom stereocenters. The second-order valence-electron chi connectivity index (χ2n) is 9.08. The minimum Gasteiger partial charge on any atom is -0.389 e. The molecule has 1 saturated carbocycles. The molecule has 5 aromatic heterocycles. The maximum atomic E-state index is 12.7. The van der Waals surface area contributed by atoms with Crippen LogP contribution in [0.2, 0.25) is 5.02 Å². The number of pyridine rings is 2. The van der Waals surface area contributed by atoms with Crippen LogP contribution < -0.4 is 5.32 Å². The number of imidazole rings is 2. The average molecular weight is 490 g/mol. The van der Waals surface area contributed by atoms with Crippen molar-refractivity contribution in [2.45, 2.75) is 44.9 Å².